The molecule has 0 amide bonds. The highest BCUT2D eigenvalue weighted by atomic mass is 35.5. The highest BCUT2D eigenvalue weighted by molar-refractivity contribution is 7.98. The first-order chi connectivity index (χ1) is 9.63. The lowest BCUT2D eigenvalue weighted by Crippen LogP contribution is -2.06. The summed E-state index contributed by atoms with van der Waals surface area (Å²) < 4.78 is 0. The van der Waals surface area contributed by atoms with Crippen molar-refractivity contribution < 1.29 is 0 Å². The predicted molar refractivity (Wildman–Crippen MR) is 86.7 cm³/mol. The lowest BCUT2D eigenvalue weighted by atomic mass is 10.1. The Kier molecular flexibility index (Phi) is 5.26. The fourth-order valence-electron chi connectivity index (χ4n) is 2.05. The Hall–Kier alpha value is -1.26. The van der Waals surface area contributed by atoms with Gasteiger partial charge in [-0.15, -0.1) is 11.8 Å². The highest BCUT2D eigenvalue weighted by Gasteiger charge is 2.09. The number of aromatic nitrogens is 2. The van der Waals surface area contributed by atoms with Gasteiger partial charge in [-0.2, -0.15) is 0 Å². The normalized spacial score (nSPS) is 10.6. The highest BCUT2D eigenvalue weighted by Crippen LogP contribution is 2.25. The minimum Gasteiger partial charge on any atom is -0.373 e. The second kappa shape index (κ2) is 6.95. The van der Waals surface area contributed by atoms with E-state index in [-0.39, 0.29) is 0 Å². The molecule has 0 aliphatic carbocycles. The summed E-state index contributed by atoms with van der Waals surface area (Å²) >= 11 is 7.68. The van der Waals surface area contributed by atoms with Gasteiger partial charge >= 0.3 is 0 Å². The zero-order chi connectivity index (χ0) is 14.5. The lowest BCUT2D eigenvalue weighted by molar-refractivity contribution is 0.941. The van der Waals surface area contributed by atoms with E-state index >= 15 is 0 Å². The number of thioether (sulfide) groups is 1. The third-order valence-corrected chi connectivity index (χ3v) is 4.24. The topological polar surface area (TPSA) is 37.8 Å². The number of halogens is 1. The van der Waals surface area contributed by atoms with Crippen LogP contribution in [0.2, 0.25) is 5.02 Å². The minimum atomic E-state index is 0.736. The molecule has 0 bridgehead atoms. The minimum absolute atomic E-state index is 0.736. The summed E-state index contributed by atoms with van der Waals surface area (Å²) in [5.41, 5.74) is 2.23. The van der Waals surface area contributed by atoms with E-state index in [1.54, 1.807) is 11.8 Å². The Morgan fingerprint density at radius 1 is 1.30 bits per heavy atom. The van der Waals surface area contributed by atoms with Crippen LogP contribution in [0.15, 0.2) is 29.2 Å². The molecule has 1 N–H and O–H groups in total. The van der Waals surface area contributed by atoms with Gasteiger partial charge in [-0.25, -0.2) is 9.97 Å². The van der Waals surface area contributed by atoms with Crippen LogP contribution in [0.3, 0.4) is 0 Å². The van der Waals surface area contributed by atoms with Crippen molar-refractivity contribution in [1.82, 2.24) is 9.97 Å². The summed E-state index contributed by atoms with van der Waals surface area (Å²) in [6, 6.07) is 7.83. The molecule has 106 valence electrons. The smallest absolute Gasteiger partial charge is 0.141 e. The molecule has 5 heteroatoms. The first-order valence-corrected chi connectivity index (χ1v) is 7.93. The number of benzene rings is 1. The van der Waals surface area contributed by atoms with Crippen molar-refractivity contribution in [2.45, 2.75) is 30.9 Å². The van der Waals surface area contributed by atoms with Gasteiger partial charge in [0.1, 0.15) is 11.6 Å². The Labute approximate surface area is 129 Å². The van der Waals surface area contributed by atoms with Crippen LogP contribution in [0.1, 0.15) is 24.0 Å². The maximum atomic E-state index is 5.98. The zero-order valence-electron chi connectivity index (χ0n) is 11.9. The standard InChI is InChI=1S/C15H18ClN3S/c1-4-13-10(2)18-14(19-15(13)17-3)9-20-12-7-5-6-11(16)8-12/h5-8H,4,9H2,1-3H3,(H,17,18,19). The van der Waals surface area contributed by atoms with Crippen LogP contribution < -0.4 is 5.32 Å². The lowest BCUT2D eigenvalue weighted by Gasteiger charge is -2.11. The Morgan fingerprint density at radius 2 is 2.10 bits per heavy atom. The third-order valence-electron chi connectivity index (χ3n) is 3.01. The summed E-state index contributed by atoms with van der Waals surface area (Å²) in [6.45, 7) is 4.15. The van der Waals surface area contributed by atoms with Gasteiger partial charge in [0.05, 0.1) is 5.75 Å². The number of anilines is 1. The van der Waals surface area contributed by atoms with E-state index in [9.17, 15) is 0 Å². The molecule has 0 saturated carbocycles. The number of aryl methyl sites for hydroxylation is 1. The quantitative estimate of drug-likeness (QED) is 0.834. The molecule has 2 aromatic rings. The molecule has 0 unspecified atom stereocenters. The molecule has 1 aromatic carbocycles. The summed E-state index contributed by atoms with van der Waals surface area (Å²) in [5, 5.41) is 3.91. The van der Waals surface area contributed by atoms with Crippen molar-refractivity contribution in [3.05, 3.63) is 46.4 Å². The average Bonchev–Trinajstić information content (AvgIpc) is 2.44. The van der Waals surface area contributed by atoms with Gasteiger partial charge in [-0.05, 0) is 31.5 Å². The van der Waals surface area contributed by atoms with Gasteiger partial charge in [-0.3, -0.25) is 0 Å². The maximum absolute atomic E-state index is 5.98. The van der Waals surface area contributed by atoms with Crippen LogP contribution >= 0.6 is 23.4 Å². The maximum Gasteiger partial charge on any atom is 0.141 e. The summed E-state index contributed by atoms with van der Waals surface area (Å²) in [5.74, 6) is 2.51. The van der Waals surface area contributed by atoms with Crippen LogP contribution in [-0.4, -0.2) is 17.0 Å². The van der Waals surface area contributed by atoms with Crippen LogP contribution in [0, 0.1) is 6.92 Å². The fourth-order valence-corrected chi connectivity index (χ4v) is 3.12. The van der Waals surface area contributed by atoms with Crippen LogP contribution in [-0.2, 0) is 12.2 Å². The fraction of sp³-hybridized carbons (Fsp3) is 0.333. The van der Waals surface area contributed by atoms with E-state index in [1.165, 1.54) is 5.56 Å². The summed E-state index contributed by atoms with van der Waals surface area (Å²) in [7, 11) is 1.90. The monoisotopic (exact) mass is 307 g/mol. The zero-order valence-corrected chi connectivity index (χ0v) is 13.5. The van der Waals surface area contributed by atoms with E-state index in [1.807, 2.05) is 38.2 Å². The second-order valence-electron chi connectivity index (χ2n) is 4.40. The number of rotatable bonds is 5. The molecule has 1 heterocycles. The van der Waals surface area contributed by atoms with Crippen LogP contribution in [0.25, 0.3) is 0 Å². The molecule has 2 rings (SSSR count). The molecule has 0 atom stereocenters. The van der Waals surface area contributed by atoms with E-state index in [2.05, 4.69) is 22.2 Å². The Balaban J connectivity index is 2.16. The molecule has 3 nitrogen and oxygen atoms in total. The summed E-state index contributed by atoms with van der Waals surface area (Å²) in [6.07, 6.45) is 0.934. The summed E-state index contributed by atoms with van der Waals surface area (Å²) in [4.78, 5) is 10.3. The average molecular weight is 308 g/mol. The largest absolute Gasteiger partial charge is 0.373 e. The van der Waals surface area contributed by atoms with Crippen molar-refractivity contribution >= 4 is 29.2 Å². The molecule has 0 radical (unpaired) electrons. The first-order valence-electron chi connectivity index (χ1n) is 6.56. The van der Waals surface area contributed by atoms with Crippen molar-refractivity contribution in [1.29, 1.82) is 0 Å². The van der Waals surface area contributed by atoms with Crippen LogP contribution in [0.4, 0.5) is 5.82 Å². The number of nitrogens with zero attached hydrogens (tertiary/aromatic N) is 2. The number of hydrogen-bond acceptors (Lipinski definition) is 4. The third kappa shape index (κ3) is 3.64. The van der Waals surface area contributed by atoms with Gasteiger partial charge in [-0.1, -0.05) is 24.6 Å². The van der Waals surface area contributed by atoms with Crippen molar-refractivity contribution in [3.63, 3.8) is 0 Å². The van der Waals surface area contributed by atoms with E-state index < -0.39 is 0 Å². The Morgan fingerprint density at radius 3 is 2.75 bits per heavy atom. The van der Waals surface area contributed by atoms with Crippen molar-refractivity contribution in [2.24, 2.45) is 0 Å². The van der Waals surface area contributed by atoms with E-state index in [0.717, 1.165) is 39.4 Å². The SMILES string of the molecule is CCc1c(C)nc(CSc2cccc(Cl)c2)nc1NC. The van der Waals surface area contributed by atoms with Crippen LogP contribution in [0.5, 0.6) is 0 Å². The van der Waals surface area contributed by atoms with E-state index in [4.69, 9.17) is 11.6 Å². The van der Waals surface area contributed by atoms with Gasteiger partial charge in [0, 0.05) is 28.2 Å². The first kappa shape index (κ1) is 15.1. The van der Waals surface area contributed by atoms with Crippen molar-refractivity contribution in [3.8, 4) is 0 Å². The second-order valence-corrected chi connectivity index (χ2v) is 5.89. The van der Waals surface area contributed by atoms with Gasteiger partial charge in [0.15, 0.2) is 0 Å². The molecular formula is C15H18ClN3S. The molecule has 1 aromatic heterocycles. The van der Waals surface area contributed by atoms with Gasteiger partial charge in [0.25, 0.3) is 0 Å². The molecule has 0 saturated heterocycles. The van der Waals surface area contributed by atoms with Gasteiger partial charge < -0.3 is 5.32 Å². The molecule has 0 aliphatic rings. The molecule has 20 heavy (non-hydrogen) atoms. The number of hydrogen-bond donors (Lipinski definition) is 1. The number of nitrogens with one attached hydrogen (secondary N) is 1. The molecular weight excluding hydrogens is 290 g/mol. The molecule has 0 fully saturated rings. The van der Waals surface area contributed by atoms with Crippen molar-refractivity contribution in [2.75, 3.05) is 12.4 Å². The van der Waals surface area contributed by atoms with E-state index in [0.29, 0.717) is 0 Å². The molecule has 0 aliphatic heterocycles. The Bertz CT molecular complexity index is 602. The van der Waals surface area contributed by atoms with Gasteiger partial charge in [0.2, 0.25) is 0 Å². The predicted octanol–water partition coefficient (Wildman–Crippen LogP) is 4.33. The molecule has 0 spiro atoms.